The fraction of sp³-hybridized carbons (Fsp3) is 0.438. The number of amides is 3. The number of para-hydroxylation sites is 1. The molecule has 1 aliphatic carbocycles. The highest BCUT2D eigenvalue weighted by atomic mass is 16.5. The van der Waals surface area contributed by atoms with E-state index in [2.05, 4.69) is 16.4 Å². The minimum absolute atomic E-state index is 0.0871. The first-order chi connectivity index (χ1) is 19.5. The molecule has 2 N–H and O–H groups in total. The van der Waals surface area contributed by atoms with Crippen molar-refractivity contribution in [3.8, 4) is 11.8 Å². The first kappa shape index (κ1) is 26.9. The van der Waals surface area contributed by atoms with E-state index in [0.29, 0.717) is 17.8 Å². The number of likely N-dealkylation sites (tertiary alicyclic amines) is 1. The number of anilines is 1. The van der Waals surface area contributed by atoms with Crippen molar-refractivity contribution < 1.29 is 19.1 Å². The molecule has 212 valence electrons. The number of nitrogens with one attached hydrogen (secondary N) is 2. The predicted octanol–water partition coefficient (Wildman–Crippen LogP) is 4.60. The quantitative estimate of drug-likeness (QED) is 0.463. The van der Waals surface area contributed by atoms with E-state index in [-0.39, 0.29) is 42.2 Å². The fourth-order valence-corrected chi connectivity index (χ4v) is 6.19. The van der Waals surface area contributed by atoms with Crippen molar-refractivity contribution in [2.75, 3.05) is 18.9 Å². The first-order valence-electron chi connectivity index (χ1n) is 14.2. The number of rotatable bonds is 6. The third-order valence-electron chi connectivity index (χ3n) is 8.47. The summed E-state index contributed by atoms with van der Waals surface area (Å²) in [6.07, 6.45) is 2.87. The highest BCUT2D eigenvalue weighted by Crippen LogP contribution is 2.46. The lowest BCUT2D eigenvalue weighted by Crippen LogP contribution is -2.52. The Kier molecular flexibility index (Phi) is 6.33. The molecule has 1 spiro atoms. The molecule has 2 aromatic carbocycles. The summed E-state index contributed by atoms with van der Waals surface area (Å²) in [5, 5.41) is 13.9. The third-order valence-corrected chi connectivity index (χ3v) is 8.47. The Morgan fingerprint density at radius 1 is 1.20 bits per heavy atom. The van der Waals surface area contributed by atoms with E-state index >= 15 is 0 Å². The minimum atomic E-state index is -0.989. The maximum Gasteiger partial charge on any atom is 0.270 e. The molecule has 6 rings (SSSR count). The van der Waals surface area contributed by atoms with Crippen LogP contribution < -0.4 is 10.1 Å². The summed E-state index contributed by atoms with van der Waals surface area (Å²) in [4.78, 5) is 47.6. The summed E-state index contributed by atoms with van der Waals surface area (Å²) in [5.74, 6) is -0.120. The molecule has 1 aromatic heterocycles. The molecule has 3 aliphatic rings. The lowest BCUT2D eigenvalue weighted by atomic mass is 9.80. The van der Waals surface area contributed by atoms with Gasteiger partial charge in [0.05, 0.1) is 17.6 Å². The Morgan fingerprint density at radius 3 is 2.66 bits per heavy atom. The van der Waals surface area contributed by atoms with Crippen molar-refractivity contribution in [1.82, 2.24) is 14.8 Å². The van der Waals surface area contributed by atoms with Crippen LogP contribution in [-0.4, -0.2) is 64.3 Å². The molecule has 9 heteroatoms. The Labute approximate surface area is 239 Å². The van der Waals surface area contributed by atoms with Gasteiger partial charge in [0.1, 0.15) is 23.5 Å². The number of nitriles is 1. The van der Waals surface area contributed by atoms with Gasteiger partial charge >= 0.3 is 0 Å². The zero-order valence-electron chi connectivity index (χ0n) is 23.9. The zero-order valence-corrected chi connectivity index (χ0v) is 23.9. The van der Waals surface area contributed by atoms with Gasteiger partial charge in [0.15, 0.2) is 0 Å². The number of carbonyl (C=O) groups is 3. The van der Waals surface area contributed by atoms with Crippen molar-refractivity contribution in [3.63, 3.8) is 0 Å². The predicted molar refractivity (Wildman–Crippen MR) is 154 cm³/mol. The molecule has 2 aliphatic heterocycles. The fourth-order valence-electron chi connectivity index (χ4n) is 6.19. The van der Waals surface area contributed by atoms with Gasteiger partial charge < -0.3 is 24.8 Å². The zero-order chi connectivity index (χ0) is 29.1. The molecule has 3 atom stereocenters. The molecular formula is C32H35N5O4. The normalized spacial score (nSPS) is 22.4. The van der Waals surface area contributed by atoms with Crippen molar-refractivity contribution in [3.05, 3.63) is 59.8 Å². The molecular weight excluding hydrogens is 518 g/mol. The van der Waals surface area contributed by atoms with Gasteiger partial charge in [0, 0.05) is 36.6 Å². The van der Waals surface area contributed by atoms with Gasteiger partial charge in [-0.15, -0.1) is 0 Å². The van der Waals surface area contributed by atoms with E-state index in [9.17, 15) is 19.6 Å². The standard InChI is InChI=1S/C32H35N5O4/c1-31(2,3)16-26(36(4)28(38)25-14-21-23(34-25)10-7-11-27(21)41-20-12-13-20)29(39)37-18-32(15-19(37)17-33)22-8-5-6-9-24(22)35-30(32)40/h5-11,14,19-20,26,34H,12-13,15-16,18H2,1-4H3,(H,35,40)/t19-,26-,32-/m0/s1. The minimum Gasteiger partial charge on any atom is -0.490 e. The summed E-state index contributed by atoms with van der Waals surface area (Å²) < 4.78 is 6.05. The number of likely N-dealkylation sites (N-methyl/N-ethyl adjacent to an activating group) is 1. The topological polar surface area (TPSA) is 119 Å². The maximum atomic E-state index is 14.3. The molecule has 0 radical (unpaired) electrons. The molecule has 41 heavy (non-hydrogen) atoms. The average Bonchev–Trinajstić information content (AvgIpc) is 3.40. The van der Waals surface area contributed by atoms with Crippen LogP contribution in [0.25, 0.3) is 10.9 Å². The summed E-state index contributed by atoms with van der Waals surface area (Å²) >= 11 is 0. The van der Waals surface area contributed by atoms with Gasteiger partial charge in [-0.2, -0.15) is 5.26 Å². The van der Waals surface area contributed by atoms with Gasteiger partial charge in [-0.25, -0.2) is 0 Å². The lowest BCUT2D eigenvalue weighted by molar-refractivity contribution is -0.137. The molecule has 3 amide bonds. The van der Waals surface area contributed by atoms with Crippen LogP contribution in [0.4, 0.5) is 5.69 Å². The average molecular weight is 554 g/mol. The number of nitrogens with zero attached hydrogens (tertiary/aromatic N) is 3. The molecule has 1 saturated heterocycles. The van der Waals surface area contributed by atoms with E-state index in [4.69, 9.17) is 4.74 Å². The maximum absolute atomic E-state index is 14.3. The second-order valence-electron chi connectivity index (χ2n) is 12.8. The Morgan fingerprint density at radius 2 is 1.95 bits per heavy atom. The third kappa shape index (κ3) is 4.71. The smallest absolute Gasteiger partial charge is 0.270 e. The Bertz CT molecular complexity index is 1590. The summed E-state index contributed by atoms with van der Waals surface area (Å²) in [7, 11) is 1.63. The number of ether oxygens (including phenoxy) is 1. The van der Waals surface area contributed by atoms with Crippen molar-refractivity contribution >= 4 is 34.3 Å². The number of hydrogen-bond donors (Lipinski definition) is 2. The number of aromatic amines is 1. The van der Waals surface area contributed by atoms with Crippen molar-refractivity contribution in [1.29, 1.82) is 5.26 Å². The number of H-pyrrole nitrogens is 1. The number of aromatic nitrogens is 1. The van der Waals surface area contributed by atoms with Crippen LogP contribution >= 0.6 is 0 Å². The Balaban J connectivity index is 1.31. The Hall–Kier alpha value is -4.32. The molecule has 0 unspecified atom stereocenters. The van der Waals surface area contributed by atoms with E-state index in [1.54, 1.807) is 13.1 Å². The summed E-state index contributed by atoms with van der Waals surface area (Å²) in [6, 6.07) is 15.6. The van der Waals surface area contributed by atoms with Crippen LogP contribution in [0.2, 0.25) is 0 Å². The number of carbonyl (C=O) groups excluding carboxylic acids is 3. The van der Waals surface area contributed by atoms with Crippen LogP contribution in [0.1, 0.15) is 62.5 Å². The van der Waals surface area contributed by atoms with E-state index < -0.39 is 17.5 Å². The first-order valence-corrected chi connectivity index (χ1v) is 14.2. The second-order valence-corrected chi connectivity index (χ2v) is 12.8. The summed E-state index contributed by atoms with van der Waals surface area (Å²) in [6.45, 7) is 6.14. The van der Waals surface area contributed by atoms with Crippen LogP contribution in [-0.2, 0) is 15.0 Å². The highest BCUT2D eigenvalue weighted by molar-refractivity contribution is 6.07. The van der Waals surface area contributed by atoms with Crippen molar-refractivity contribution in [2.24, 2.45) is 5.41 Å². The SMILES string of the molecule is CN(C(=O)c1cc2c(OC3CC3)cccc2[nH]1)[C@@H](CC(C)(C)C)C(=O)N1C[C@]2(C[C@H]1C#N)C(=O)Nc1ccccc12. The van der Waals surface area contributed by atoms with Gasteiger partial charge in [0.2, 0.25) is 11.8 Å². The molecule has 0 bridgehead atoms. The van der Waals surface area contributed by atoms with Crippen molar-refractivity contribution in [2.45, 2.75) is 70.1 Å². The molecule has 2 fully saturated rings. The molecule has 3 heterocycles. The highest BCUT2D eigenvalue weighted by Gasteiger charge is 2.56. The van der Waals surface area contributed by atoms with E-state index in [0.717, 1.165) is 35.1 Å². The molecule has 1 saturated carbocycles. The van der Waals surface area contributed by atoms with E-state index in [1.165, 1.54) is 9.80 Å². The van der Waals surface area contributed by atoms with Gasteiger partial charge in [-0.1, -0.05) is 45.0 Å². The van der Waals surface area contributed by atoms with Crippen LogP contribution in [0.5, 0.6) is 5.75 Å². The largest absolute Gasteiger partial charge is 0.490 e. The van der Waals surface area contributed by atoms with Crippen LogP contribution in [0.15, 0.2) is 48.5 Å². The number of fused-ring (bicyclic) bond motifs is 3. The second kappa shape index (κ2) is 9.65. The summed E-state index contributed by atoms with van der Waals surface area (Å²) in [5.41, 5.74) is 1.38. The molecule has 3 aromatic rings. The van der Waals surface area contributed by atoms with Gasteiger partial charge in [-0.05, 0) is 54.5 Å². The molecule has 9 nitrogen and oxygen atoms in total. The lowest BCUT2D eigenvalue weighted by Gasteiger charge is -2.35. The van der Waals surface area contributed by atoms with E-state index in [1.807, 2.05) is 63.2 Å². The van der Waals surface area contributed by atoms with Gasteiger partial charge in [-0.3, -0.25) is 14.4 Å². The number of hydrogen-bond acceptors (Lipinski definition) is 5. The van der Waals surface area contributed by atoms with Gasteiger partial charge in [0.25, 0.3) is 5.91 Å². The van der Waals surface area contributed by atoms with Crippen LogP contribution in [0, 0.1) is 16.7 Å². The monoisotopic (exact) mass is 553 g/mol. The van der Waals surface area contributed by atoms with Crippen LogP contribution in [0.3, 0.4) is 0 Å². The number of benzene rings is 2.